The highest BCUT2D eigenvalue weighted by molar-refractivity contribution is 7.18. The van der Waals surface area contributed by atoms with Crippen LogP contribution in [0.1, 0.15) is 21.5 Å². The molecule has 1 heterocycles. The molecule has 4 heteroatoms. The van der Waals surface area contributed by atoms with Crippen LogP contribution in [0.3, 0.4) is 0 Å². The molecule has 102 valence electrons. The van der Waals surface area contributed by atoms with Crippen LogP contribution in [0.4, 0.5) is 0 Å². The van der Waals surface area contributed by atoms with E-state index < -0.39 is 0 Å². The molecule has 0 aliphatic heterocycles. The van der Waals surface area contributed by atoms with Crippen LogP contribution in [0.25, 0.3) is 10.2 Å². The maximum absolute atomic E-state index is 6.50. The quantitative estimate of drug-likeness (QED) is 0.557. The predicted octanol–water partition coefficient (Wildman–Crippen LogP) is 5.78. The monoisotopic (exact) mass is 321 g/mol. The van der Waals surface area contributed by atoms with Crippen molar-refractivity contribution in [2.24, 2.45) is 0 Å². The predicted molar refractivity (Wildman–Crippen MR) is 88.1 cm³/mol. The first kappa shape index (κ1) is 13.9. The van der Waals surface area contributed by atoms with E-state index in [0.717, 1.165) is 33.1 Å². The molecule has 0 bridgehead atoms. The number of halogens is 2. The summed E-state index contributed by atoms with van der Waals surface area (Å²) in [5, 5.41) is 1.72. The van der Waals surface area contributed by atoms with Crippen molar-refractivity contribution < 1.29 is 0 Å². The van der Waals surface area contributed by atoms with Crippen molar-refractivity contribution >= 4 is 44.8 Å². The summed E-state index contributed by atoms with van der Waals surface area (Å²) in [6.07, 6.45) is 0.723. The fraction of sp³-hybridized carbons (Fsp3) is 0.188. The van der Waals surface area contributed by atoms with Crippen LogP contribution < -0.4 is 0 Å². The second-order valence-corrected chi connectivity index (χ2v) is 6.80. The van der Waals surface area contributed by atoms with Crippen LogP contribution in [0, 0.1) is 6.92 Å². The van der Waals surface area contributed by atoms with Gasteiger partial charge in [-0.2, -0.15) is 0 Å². The molecule has 0 saturated carbocycles. The SMILES string of the molecule is Cc1ccc(C(Cl)Cc2nc3ccccc3s2)cc1Cl. The third kappa shape index (κ3) is 2.83. The normalized spacial score (nSPS) is 12.8. The third-order valence-corrected chi connectivity index (χ3v) is 5.12. The van der Waals surface area contributed by atoms with Gasteiger partial charge in [0.25, 0.3) is 0 Å². The fourth-order valence-electron chi connectivity index (χ4n) is 2.08. The minimum atomic E-state index is -0.103. The fourth-order valence-corrected chi connectivity index (χ4v) is 3.66. The summed E-state index contributed by atoms with van der Waals surface area (Å²) < 4.78 is 1.20. The Labute approximate surface area is 132 Å². The van der Waals surface area contributed by atoms with E-state index in [9.17, 15) is 0 Å². The van der Waals surface area contributed by atoms with Crippen LogP contribution >= 0.6 is 34.5 Å². The van der Waals surface area contributed by atoms with E-state index in [4.69, 9.17) is 23.2 Å². The number of hydrogen-bond acceptors (Lipinski definition) is 2. The van der Waals surface area contributed by atoms with Gasteiger partial charge in [0.2, 0.25) is 0 Å². The topological polar surface area (TPSA) is 12.9 Å². The first-order chi connectivity index (χ1) is 9.63. The number of hydrogen-bond donors (Lipinski definition) is 0. The van der Waals surface area contributed by atoms with E-state index in [1.165, 1.54) is 4.70 Å². The minimum absolute atomic E-state index is 0.103. The number of benzene rings is 2. The van der Waals surface area contributed by atoms with Crippen molar-refractivity contribution in [3.63, 3.8) is 0 Å². The Balaban J connectivity index is 1.84. The van der Waals surface area contributed by atoms with Crippen LogP contribution in [0.15, 0.2) is 42.5 Å². The largest absolute Gasteiger partial charge is 0.241 e. The zero-order chi connectivity index (χ0) is 14.1. The summed E-state index contributed by atoms with van der Waals surface area (Å²) in [6, 6.07) is 14.1. The number of para-hydroxylation sites is 1. The average molecular weight is 322 g/mol. The number of aryl methyl sites for hydroxylation is 1. The maximum atomic E-state index is 6.50. The van der Waals surface area contributed by atoms with Crippen molar-refractivity contribution in [1.29, 1.82) is 0 Å². The molecule has 1 aromatic heterocycles. The molecular formula is C16H13Cl2NS. The van der Waals surface area contributed by atoms with Crippen molar-refractivity contribution in [1.82, 2.24) is 4.98 Å². The Morgan fingerprint density at radius 2 is 2.00 bits per heavy atom. The molecule has 0 N–H and O–H groups in total. The second-order valence-electron chi connectivity index (χ2n) is 4.76. The summed E-state index contributed by atoms with van der Waals surface area (Å²) in [5.74, 6) is 0. The lowest BCUT2D eigenvalue weighted by Gasteiger charge is -2.09. The van der Waals surface area contributed by atoms with Gasteiger partial charge in [-0.1, -0.05) is 35.9 Å². The minimum Gasteiger partial charge on any atom is -0.241 e. The lowest BCUT2D eigenvalue weighted by atomic mass is 10.1. The molecule has 2 aromatic carbocycles. The lowest BCUT2D eigenvalue weighted by molar-refractivity contribution is 0.910. The van der Waals surface area contributed by atoms with Gasteiger partial charge in [0.15, 0.2) is 0 Å². The average Bonchev–Trinajstić information content (AvgIpc) is 2.83. The Bertz CT molecular complexity index is 718. The Morgan fingerprint density at radius 1 is 1.20 bits per heavy atom. The molecule has 1 unspecified atom stereocenters. The second kappa shape index (κ2) is 5.72. The van der Waals surface area contributed by atoms with Crippen LogP contribution in [-0.2, 0) is 6.42 Å². The van der Waals surface area contributed by atoms with Crippen molar-refractivity contribution in [2.45, 2.75) is 18.7 Å². The molecule has 0 amide bonds. The molecule has 0 radical (unpaired) electrons. The molecule has 0 fully saturated rings. The molecule has 0 aliphatic rings. The molecule has 0 spiro atoms. The molecule has 0 saturated heterocycles. The summed E-state index contributed by atoms with van der Waals surface area (Å²) in [6.45, 7) is 1.99. The van der Waals surface area contributed by atoms with Crippen molar-refractivity contribution in [3.8, 4) is 0 Å². The number of thiazole rings is 1. The van der Waals surface area contributed by atoms with Crippen LogP contribution in [0.5, 0.6) is 0 Å². The van der Waals surface area contributed by atoms with Gasteiger partial charge in [0.05, 0.1) is 20.6 Å². The lowest BCUT2D eigenvalue weighted by Crippen LogP contribution is -1.96. The van der Waals surface area contributed by atoms with Crippen LogP contribution in [-0.4, -0.2) is 4.98 Å². The van der Waals surface area contributed by atoms with E-state index in [2.05, 4.69) is 11.1 Å². The Morgan fingerprint density at radius 3 is 2.75 bits per heavy atom. The number of nitrogens with zero attached hydrogens (tertiary/aromatic N) is 1. The maximum Gasteiger partial charge on any atom is 0.0956 e. The smallest absolute Gasteiger partial charge is 0.0956 e. The van der Waals surface area contributed by atoms with Gasteiger partial charge in [-0.25, -0.2) is 4.98 Å². The Kier molecular flexibility index (Phi) is 3.97. The number of alkyl halides is 1. The Hall–Kier alpha value is -1.09. The van der Waals surface area contributed by atoms with Crippen molar-refractivity contribution in [2.75, 3.05) is 0 Å². The van der Waals surface area contributed by atoms with E-state index in [1.807, 2.05) is 43.3 Å². The molecular weight excluding hydrogens is 309 g/mol. The molecule has 0 aliphatic carbocycles. The first-order valence-electron chi connectivity index (χ1n) is 6.38. The summed E-state index contributed by atoms with van der Waals surface area (Å²) in [5.41, 5.74) is 3.15. The summed E-state index contributed by atoms with van der Waals surface area (Å²) >= 11 is 14.4. The van der Waals surface area contributed by atoms with Gasteiger partial charge < -0.3 is 0 Å². The number of fused-ring (bicyclic) bond motifs is 1. The number of aromatic nitrogens is 1. The van der Waals surface area contributed by atoms with Gasteiger partial charge in [0, 0.05) is 11.4 Å². The van der Waals surface area contributed by atoms with E-state index >= 15 is 0 Å². The third-order valence-electron chi connectivity index (χ3n) is 3.25. The van der Waals surface area contributed by atoms with Crippen molar-refractivity contribution in [3.05, 3.63) is 63.6 Å². The summed E-state index contributed by atoms with van der Waals surface area (Å²) in [4.78, 5) is 4.62. The molecule has 20 heavy (non-hydrogen) atoms. The van der Waals surface area contributed by atoms with Crippen LogP contribution in [0.2, 0.25) is 5.02 Å². The molecule has 1 atom stereocenters. The molecule has 3 rings (SSSR count). The summed E-state index contributed by atoms with van der Waals surface area (Å²) in [7, 11) is 0. The van der Waals surface area contributed by atoms with Gasteiger partial charge in [0.1, 0.15) is 0 Å². The van der Waals surface area contributed by atoms with E-state index in [1.54, 1.807) is 11.3 Å². The highest BCUT2D eigenvalue weighted by Crippen LogP contribution is 2.31. The first-order valence-corrected chi connectivity index (χ1v) is 8.01. The van der Waals surface area contributed by atoms with E-state index in [0.29, 0.717) is 0 Å². The molecule has 3 aromatic rings. The standard InChI is InChI=1S/C16H13Cl2NS/c1-10-6-7-11(8-12(10)17)13(18)9-16-19-14-4-2-3-5-15(14)20-16/h2-8,13H,9H2,1H3. The van der Waals surface area contributed by atoms with Gasteiger partial charge >= 0.3 is 0 Å². The highest BCUT2D eigenvalue weighted by atomic mass is 35.5. The van der Waals surface area contributed by atoms with Gasteiger partial charge in [-0.3, -0.25) is 0 Å². The van der Waals surface area contributed by atoms with E-state index in [-0.39, 0.29) is 5.38 Å². The number of rotatable bonds is 3. The highest BCUT2D eigenvalue weighted by Gasteiger charge is 2.13. The van der Waals surface area contributed by atoms with Gasteiger partial charge in [-0.05, 0) is 36.2 Å². The molecule has 1 nitrogen and oxygen atoms in total. The zero-order valence-electron chi connectivity index (χ0n) is 10.9. The zero-order valence-corrected chi connectivity index (χ0v) is 13.3. The van der Waals surface area contributed by atoms with Gasteiger partial charge in [-0.15, -0.1) is 22.9 Å².